The van der Waals surface area contributed by atoms with Crippen LogP contribution in [0.25, 0.3) is 0 Å². The third kappa shape index (κ3) is 2.14. The molecule has 2 heterocycles. The number of amides is 1. The van der Waals surface area contributed by atoms with Gasteiger partial charge in [0.2, 0.25) is 6.79 Å². The fraction of sp³-hybridized carbons (Fsp3) is 0.500. The molecule has 2 atom stereocenters. The zero-order chi connectivity index (χ0) is 13.4. The van der Waals surface area contributed by atoms with Crippen LogP contribution < -0.4 is 15.2 Å². The molecule has 0 bridgehead atoms. The molecule has 2 aliphatic heterocycles. The summed E-state index contributed by atoms with van der Waals surface area (Å²) in [7, 11) is 0. The molecule has 5 heteroatoms. The van der Waals surface area contributed by atoms with E-state index in [1.54, 1.807) is 6.07 Å². The lowest BCUT2D eigenvalue weighted by Gasteiger charge is -2.36. The summed E-state index contributed by atoms with van der Waals surface area (Å²) in [5.41, 5.74) is 6.51. The minimum atomic E-state index is 0.00162. The van der Waals surface area contributed by atoms with Crippen LogP contribution in [-0.2, 0) is 0 Å². The monoisotopic (exact) mass is 262 g/mol. The molecule has 102 valence electrons. The molecule has 2 aliphatic rings. The van der Waals surface area contributed by atoms with Crippen LogP contribution in [0.5, 0.6) is 11.5 Å². The minimum Gasteiger partial charge on any atom is -0.454 e. The van der Waals surface area contributed by atoms with Crippen LogP contribution >= 0.6 is 0 Å². The van der Waals surface area contributed by atoms with E-state index in [1.807, 2.05) is 24.0 Å². The van der Waals surface area contributed by atoms with Gasteiger partial charge in [0, 0.05) is 18.6 Å². The molecule has 2 N–H and O–H groups in total. The van der Waals surface area contributed by atoms with Gasteiger partial charge in [-0.1, -0.05) is 6.07 Å². The van der Waals surface area contributed by atoms with Crippen LogP contribution in [0.3, 0.4) is 0 Å². The average Bonchev–Trinajstić information content (AvgIpc) is 2.86. The predicted octanol–water partition coefficient (Wildman–Crippen LogP) is 1.37. The second kappa shape index (κ2) is 4.74. The number of piperidine rings is 1. The molecule has 0 aliphatic carbocycles. The highest BCUT2D eigenvalue weighted by Gasteiger charge is 2.31. The number of para-hydroxylation sites is 1. The number of ether oxygens (including phenoxy) is 2. The van der Waals surface area contributed by atoms with Crippen molar-refractivity contribution in [1.29, 1.82) is 0 Å². The molecule has 1 saturated heterocycles. The Labute approximate surface area is 112 Å². The van der Waals surface area contributed by atoms with Crippen molar-refractivity contribution < 1.29 is 14.3 Å². The van der Waals surface area contributed by atoms with E-state index in [0.29, 0.717) is 23.6 Å². The molecule has 1 amide bonds. The summed E-state index contributed by atoms with van der Waals surface area (Å²) in [5.74, 6) is 1.21. The lowest BCUT2D eigenvalue weighted by Crippen LogP contribution is -2.48. The van der Waals surface area contributed by atoms with Gasteiger partial charge < -0.3 is 20.1 Å². The number of likely N-dealkylation sites (tertiary alicyclic amines) is 1. The summed E-state index contributed by atoms with van der Waals surface area (Å²) < 4.78 is 10.7. The Morgan fingerprint density at radius 2 is 2.26 bits per heavy atom. The summed E-state index contributed by atoms with van der Waals surface area (Å²) in [6, 6.07) is 5.78. The van der Waals surface area contributed by atoms with E-state index in [1.165, 1.54) is 0 Å². The number of hydrogen-bond acceptors (Lipinski definition) is 4. The summed E-state index contributed by atoms with van der Waals surface area (Å²) >= 11 is 0. The first-order chi connectivity index (χ1) is 9.16. The maximum Gasteiger partial charge on any atom is 0.258 e. The third-order valence-corrected chi connectivity index (χ3v) is 3.80. The van der Waals surface area contributed by atoms with Gasteiger partial charge in [0.15, 0.2) is 11.5 Å². The first kappa shape index (κ1) is 12.3. The molecule has 19 heavy (non-hydrogen) atoms. The second-order valence-electron chi connectivity index (χ2n) is 5.17. The number of carbonyl (C=O) groups is 1. The number of hydrogen-bond donors (Lipinski definition) is 1. The van der Waals surface area contributed by atoms with Crippen molar-refractivity contribution >= 4 is 5.91 Å². The fourth-order valence-corrected chi connectivity index (χ4v) is 2.76. The third-order valence-electron chi connectivity index (χ3n) is 3.80. The molecular formula is C14H18N2O3. The number of benzene rings is 1. The number of nitrogens with two attached hydrogens (primary N) is 1. The van der Waals surface area contributed by atoms with E-state index in [2.05, 4.69) is 0 Å². The Morgan fingerprint density at radius 3 is 3.05 bits per heavy atom. The lowest BCUT2D eigenvalue weighted by atomic mass is 9.98. The van der Waals surface area contributed by atoms with Gasteiger partial charge in [-0.05, 0) is 31.9 Å². The standard InChI is InChI=1S/C14H18N2O3/c1-9-7-10(15)5-6-16(9)14(17)11-3-2-4-12-13(11)19-8-18-12/h2-4,9-10H,5-8,15H2,1H3/t9-,10+/m0/s1. The minimum absolute atomic E-state index is 0.00162. The fourth-order valence-electron chi connectivity index (χ4n) is 2.76. The van der Waals surface area contributed by atoms with E-state index >= 15 is 0 Å². The van der Waals surface area contributed by atoms with Gasteiger partial charge in [-0.3, -0.25) is 4.79 Å². The Hall–Kier alpha value is -1.75. The second-order valence-corrected chi connectivity index (χ2v) is 5.17. The van der Waals surface area contributed by atoms with Crippen LogP contribution in [0, 0.1) is 0 Å². The van der Waals surface area contributed by atoms with Gasteiger partial charge in [0.05, 0.1) is 5.56 Å². The highest BCUT2D eigenvalue weighted by atomic mass is 16.7. The quantitative estimate of drug-likeness (QED) is 0.830. The smallest absolute Gasteiger partial charge is 0.258 e. The maximum atomic E-state index is 12.6. The number of fused-ring (bicyclic) bond motifs is 1. The summed E-state index contributed by atoms with van der Waals surface area (Å²) in [5, 5.41) is 0. The van der Waals surface area contributed by atoms with Crippen molar-refractivity contribution in [2.45, 2.75) is 31.8 Å². The van der Waals surface area contributed by atoms with Gasteiger partial charge in [0.25, 0.3) is 5.91 Å². The number of carbonyl (C=O) groups excluding carboxylic acids is 1. The van der Waals surface area contributed by atoms with E-state index in [0.717, 1.165) is 12.8 Å². The lowest BCUT2D eigenvalue weighted by molar-refractivity contribution is 0.0614. The summed E-state index contributed by atoms with van der Waals surface area (Å²) in [6.07, 6.45) is 1.70. The molecule has 1 aromatic rings. The average molecular weight is 262 g/mol. The Kier molecular flexibility index (Phi) is 3.06. The van der Waals surface area contributed by atoms with Crippen molar-refractivity contribution in [3.63, 3.8) is 0 Å². The molecule has 3 rings (SSSR count). The van der Waals surface area contributed by atoms with E-state index in [4.69, 9.17) is 15.2 Å². The zero-order valence-electron chi connectivity index (χ0n) is 11.0. The predicted molar refractivity (Wildman–Crippen MR) is 70.3 cm³/mol. The van der Waals surface area contributed by atoms with Crippen LogP contribution in [0.2, 0.25) is 0 Å². The molecule has 1 fully saturated rings. The van der Waals surface area contributed by atoms with Gasteiger partial charge in [-0.2, -0.15) is 0 Å². The van der Waals surface area contributed by atoms with Crippen LogP contribution in [0.1, 0.15) is 30.1 Å². The Morgan fingerprint density at radius 1 is 1.42 bits per heavy atom. The van der Waals surface area contributed by atoms with E-state index in [9.17, 15) is 4.79 Å². The van der Waals surface area contributed by atoms with Crippen molar-refractivity contribution in [1.82, 2.24) is 4.90 Å². The highest BCUT2D eigenvalue weighted by molar-refractivity contribution is 5.98. The topological polar surface area (TPSA) is 64.8 Å². The van der Waals surface area contributed by atoms with Crippen LogP contribution in [0.15, 0.2) is 18.2 Å². The van der Waals surface area contributed by atoms with Crippen molar-refractivity contribution in [3.05, 3.63) is 23.8 Å². The van der Waals surface area contributed by atoms with Gasteiger partial charge >= 0.3 is 0 Å². The number of rotatable bonds is 1. The summed E-state index contributed by atoms with van der Waals surface area (Å²) in [6.45, 7) is 2.92. The first-order valence-corrected chi connectivity index (χ1v) is 6.62. The van der Waals surface area contributed by atoms with Crippen molar-refractivity contribution in [2.75, 3.05) is 13.3 Å². The normalized spacial score (nSPS) is 25.5. The molecule has 0 spiro atoms. The van der Waals surface area contributed by atoms with Crippen molar-refractivity contribution in [3.8, 4) is 11.5 Å². The Balaban J connectivity index is 1.87. The first-order valence-electron chi connectivity index (χ1n) is 6.62. The molecular weight excluding hydrogens is 244 g/mol. The van der Waals surface area contributed by atoms with Gasteiger partial charge in [-0.25, -0.2) is 0 Å². The van der Waals surface area contributed by atoms with Crippen molar-refractivity contribution in [2.24, 2.45) is 5.73 Å². The number of nitrogens with zero attached hydrogens (tertiary/aromatic N) is 1. The molecule has 0 unspecified atom stereocenters. The van der Waals surface area contributed by atoms with Crippen LogP contribution in [0.4, 0.5) is 0 Å². The maximum absolute atomic E-state index is 12.6. The van der Waals surface area contributed by atoms with Gasteiger partial charge in [0.1, 0.15) is 0 Å². The molecule has 0 saturated carbocycles. The molecule has 0 aromatic heterocycles. The van der Waals surface area contributed by atoms with Crippen LogP contribution in [-0.4, -0.2) is 36.2 Å². The highest BCUT2D eigenvalue weighted by Crippen LogP contribution is 2.36. The summed E-state index contributed by atoms with van der Waals surface area (Å²) in [4.78, 5) is 14.5. The Bertz CT molecular complexity index is 503. The van der Waals surface area contributed by atoms with E-state index < -0.39 is 0 Å². The molecule has 0 radical (unpaired) electrons. The van der Waals surface area contributed by atoms with Gasteiger partial charge in [-0.15, -0.1) is 0 Å². The molecule has 5 nitrogen and oxygen atoms in total. The zero-order valence-corrected chi connectivity index (χ0v) is 11.0. The largest absolute Gasteiger partial charge is 0.454 e. The SMILES string of the molecule is C[C@H]1C[C@H](N)CCN1C(=O)c1cccc2c1OCO2. The molecule has 1 aromatic carbocycles. The van der Waals surface area contributed by atoms with E-state index in [-0.39, 0.29) is 24.8 Å².